The molecule has 0 saturated carbocycles. The lowest BCUT2D eigenvalue weighted by Crippen LogP contribution is -2.19. The second-order valence-electron chi connectivity index (χ2n) is 23.1. The van der Waals surface area contributed by atoms with Crippen LogP contribution in [0.4, 0.5) is 28.4 Å². The second kappa shape index (κ2) is 22.1. The van der Waals surface area contributed by atoms with Crippen molar-refractivity contribution >= 4 is 94.0 Å². The maximum atomic E-state index is 7.25. The minimum atomic E-state index is 0.519. The number of fused-ring (bicyclic) bond motifs is 9. The van der Waals surface area contributed by atoms with Crippen molar-refractivity contribution in [3.63, 3.8) is 0 Å². The fraction of sp³-hybridized carbons (Fsp3) is 0.0118. The fourth-order valence-electron chi connectivity index (χ4n) is 14.0. The largest absolute Gasteiger partial charge is 0.456 e. The molecule has 0 aliphatic carbocycles. The summed E-state index contributed by atoms with van der Waals surface area (Å²) in [6, 6.07) is 124. The number of hydrogen-bond acceptors (Lipinski definition) is 3. The van der Waals surface area contributed by atoms with E-state index < -0.39 is 0 Å². The molecular weight excluding hydrogens is 1090 g/mol. The van der Waals surface area contributed by atoms with Gasteiger partial charge in [0.15, 0.2) is 0 Å². The smallest absolute Gasteiger partial charge is 0.139 e. The number of hydrogen-bond donors (Lipinski definition) is 0. The Hall–Kier alpha value is -11.9. The van der Waals surface area contributed by atoms with Crippen LogP contribution < -0.4 is 9.80 Å². The average Bonchev–Trinajstić information content (AvgIpc) is 1.65. The first-order chi connectivity index (χ1) is 44.7. The lowest BCUT2D eigenvalue weighted by Gasteiger charge is -2.32. The Bertz CT molecular complexity index is 5420. The van der Waals surface area contributed by atoms with Gasteiger partial charge in [-0.2, -0.15) is 0 Å². The lowest BCUT2D eigenvalue weighted by molar-refractivity contribution is 0.669. The highest BCUT2D eigenvalue weighted by atomic mass is 16.3. The van der Waals surface area contributed by atoms with Crippen molar-refractivity contribution in [1.82, 2.24) is 9.13 Å². The molecule has 0 aliphatic heterocycles. The predicted octanol–water partition coefficient (Wildman–Crippen LogP) is 23.3. The number of nitrogens with zero attached hydrogens (tertiary/aromatic N) is 4. The zero-order chi connectivity index (χ0) is 59.5. The third kappa shape index (κ3) is 8.94. The first kappa shape index (κ1) is 52.4. The second-order valence-corrected chi connectivity index (χ2v) is 23.1. The van der Waals surface area contributed by atoms with Gasteiger partial charge >= 0.3 is 0 Å². The van der Waals surface area contributed by atoms with Crippen molar-refractivity contribution < 1.29 is 4.42 Å². The number of anilines is 5. The molecule has 5 heteroatoms. The van der Waals surface area contributed by atoms with E-state index in [1.54, 1.807) is 0 Å². The van der Waals surface area contributed by atoms with Crippen molar-refractivity contribution in [1.29, 1.82) is 0 Å². The Morgan fingerprint density at radius 3 is 1.20 bits per heavy atom. The van der Waals surface area contributed by atoms with E-state index in [1.165, 1.54) is 32.7 Å². The molecule has 0 atom stereocenters. The number of para-hydroxylation sites is 6. The number of furan rings is 1. The van der Waals surface area contributed by atoms with Gasteiger partial charge in [-0.15, -0.1) is 0 Å². The van der Waals surface area contributed by atoms with Gasteiger partial charge in [0.25, 0.3) is 0 Å². The molecular formula is C85H58N4O. The zero-order valence-corrected chi connectivity index (χ0v) is 49.2. The minimum Gasteiger partial charge on any atom is -0.456 e. The molecule has 0 spiro atoms. The molecule has 90 heavy (non-hydrogen) atoms. The molecule has 0 radical (unpaired) electrons. The summed E-state index contributed by atoms with van der Waals surface area (Å²) in [5.41, 5.74) is 23.5. The van der Waals surface area contributed by atoms with Crippen molar-refractivity contribution in [2.24, 2.45) is 0 Å². The summed E-state index contributed by atoms with van der Waals surface area (Å²) in [5.74, 6) is 0. The van der Waals surface area contributed by atoms with E-state index in [-0.39, 0.29) is 0 Å². The van der Waals surface area contributed by atoms with Crippen molar-refractivity contribution in [3.05, 3.63) is 345 Å². The summed E-state index contributed by atoms with van der Waals surface area (Å²) >= 11 is 0. The highest BCUT2D eigenvalue weighted by molar-refractivity contribution is 6.15. The van der Waals surface area contributed by atoms with E-state index in [1.807, 2.05) is 0 Å². The van der Waals surface area contributed by atoms with Crippen LogP contribution >= 0.6 is 0 Å². The summed E-state index contributed by atoms with van der Waals surface area (Å²) in [6.07, 6.45) is 0. The molecule has 0 saturated heterocycles. The molecule has 17 aromatic rings. The quantitative estimate of drug-likeness (QED) is 0.115. The highest BCUT2D eigenvalue weighted by Gasteiger charge is 2.28. The molecule has 0 fully saturated rings. The number of rotatable bonds is 13. The topological polar surface area (TPSA) is 29.5 Å². The van der Waals surface area contributed by atoms with Crippen LogP contribution in [0.15, 0.2) is 344 Å². The molecule has 0 bridgehead atoms. The van der Waals surface area contributed by atoms with E-state index in [2.05, 4.69) is 359 Å². The van der Waals surface area contributed by atoms with Crippen LogP contribution in [0, 0.1) is 0 Å². The molecule has 0 aliphatic rings. The highest BCUT2D eigenvalue weighted by Crippen LogP contribution is 2.50. The van der Waals surface area contributed by atoms with Gasteiger partial charge < -0.3 is 23.4 Å². The molecule has 424 valence electrons. The van der Waals surface area contributed by atoms with Gasteiger partial charge in [0.1, 0.15) is 11.2 Å². The maximum absolute atomic E-state index is 7.25. The number of benzene rings is 14. The fourth-order valence-corrected chi connectivity index (χ4v) is 14.0. The van der Waals surface area contributed by atoms with Gasteiger partial charge in [-0.05, 0) is 100 Å². The first-order valence-corrected chi connectivity index (χ1v) is 30.9. The predicted molar refractivity (Wildman–Crippen MR) is 378 cm³/mol. The molecule has 0 N–H and O–H groups in total. The summed E-state index contributed by atoms with van der Waals surface area (Å²) in [6.45, 7) is 0.519. The summed E-state index contributed by atoms with van der Waals surface area (Å²) in [7, 11) is 0. The summed E-state index contributed by atoms with van der Waals surface area (Å²) in [5, 5.41) is 6.89. The molecule has 0 amide bonds. The van der Waals surface area contributed by atoms with E-state index in [9.17, 15) is 0 Å². The Morgan fingerprint density at radius 2 is 0.667 bits per heavy atom. The normalized spacial score (nSPS) is 11.6. The Morgan fingerprint density at radius 1 is 0.267 bits per heavy atom. The van der Waals surface area contributed by atoms with Crippen molar-refractivity contribution in [2.75, 3.05) is 9.80 Å². The van der Waals surface area contributed by atoms with Gasteiger partial charge in [0.2, 0.25) is 0 Å². The van der Waals surface area contributed by atoms with Crippen LogP contribution in [0.1, 0.15) is 5.56 Å². The summed E-state index contributed by atoms with van der Waals surface area (Å²) in [4.78, 5) is 5.01. The lowest BCUT2D eigenvalue weighted by atomic mass is 9.97. The van der Waals surface area contributed by atoms with Crippen LogP contribution in [-0.4, -0.2) is 9.13 Å². The third-order valence-corrected chi connectivity index (χ3v) is 18.0. The standard InChI is InChI=1S/C85H58N4O/c1-5-27-58(28-6-1)66-36-14-13-35-62(66)57-86(63-49-51-68(60-31-9-3-10-32-60)80(53-63)88-76-44-22-16-38-70(76)71-39-17-23-45-77(71)88)82-55-65(56-84-85(82)74-42-20-26-48-83(74)90-84)87(75-43-21-15-37-67(75)59-29-7-2-8-30-59)64-50-52-69(61-33-11-4-12-34-61)81(54-64)89-78-46-24-18-40-72(78)73-41-19-25-47-79(73)89/h1-56H,57H2. The van der Waals surface area contributed by atoms with Crippen molar-refractivity contribution in [2.45, 2.75) is 6.54 Å². The minimum absolute atomic E-state index is 0.519. The van der Waals surface area contributed by atoms with Crippen molar-refractivity contribution in [3.8, 4) is 55.9 Å². The first-order valence-electron chi connectivity index (χ1n) is 30.9. The molecule has 0 unspecified atom stereocenters. The SMILES string of the molecule is c1ccc(-c2ccccc2CN(c2ccc(-c3ccccc3)c(-n3c4ccccc4c4ccccc43)c2)c2cc(N(c3ccc(-c4ccccc4)c(-n4c5ccccc5c5ccccc54)c3)c3ccccc3-c3ccccc3)cc3oc4ccccc4c23)cc1. The van der Waals surface area contributed by atoms with Crippen LogP contribution in [0.5, 0.6) is 0 Å². The van der Waals surface area contributed by atoms with Crippen LogP contribution in [0.3, 0.4) is 0 Å². The maximum Gasteiger partial charge on any atom is 0.139 e. The van der Waals surface area contributed by atoms with Gasteiger partial charge in [-0.3, -0.25) is 0 Å². The Labute approximate surface area is 522 Å². The van der Waals surface area contributed by atoms with Crippen LogP contribution in [0.2, 0.25) is 0 Å². The zero-order valence-electron chi connectivity index (χ0n) is 49.2. The van der Waals surface area contributed by atoms with E-state index in [0.717, 1.165) is 123 Å². The van der Waals surface area contributed by atoms with Gasteiger partial charge in [-0.25, -0.2) is 0 Å². The molecule has 14 aromatic carbocycles. The number of aromatic nitrogens is 2. The van der Waals surface area contributed by atoms with E-state index >= 15 is 0 Å². The van der Waals surface area contributed by atoms with Gasteiger partial charge in [0.05, 0.1) is 55.9 Å². The van der Waals surface area contributed by atoms with Crippen LogP contribution in [0.25, 0.3) is 121 Å². The molecule has 5 nitrogen and oxygen atoms in total. The Balaban J connectivity index is 0.976. The van der Waals surface area contributed by atoms with Gasteiger partial charge in [0, 0.05) is 67.6 Å². The molecule has 17 rings (SSSR count). The average molecular weight is 1150 g/mol. The monoisotopic (exact) mass is 1150 g/mol. The van der Waals surface area contributed by atoms with E-state index in [0.29, 0.717) is 6.54 Å². The molecule has 3 heterocycles. The Kier molecular flexibility index (Phi) is 12.9. The third-order valence-electron chi connectivity index (χ3n) is 18.0. The van der Waals surface area contributed by atoms with Gasteiger partial charge in [-0.1, -0.05) is 267 Å². The summed E-state index contributed by atoms with van der Waals surface area (Å²) < 4.78 is 12.2. The van der Waals surface area contributed by atoms with E-state index in [4.69, 9.17) is 4.42 Å². The van der Waals surface area contributed by atoms with Crippen LogP contribution in [-0.2, 0) is 6.54 Å². The molecule has 3 aromatic heterocycles.